The molecule has 1 heterocycles. The molecule has 3 rings (SSSR count). The number of methoxy groups -OCH3 is 1. The Morgan fingerprint density at radius 3 is 2.67 bits per heavy atom. The number of carbonyl (C=O) groups is 2. The van der Waals surface area contributed by atoms with Gasteiger partial charge in [0.1, 0.15) is 11.9 Å². The van der Waals surface area contributed by atoms with E-state index in [9.17, 15) is 14.0 Å². The monoisotopic (exact) mass is 366 g/mol. The van der Waals surface area contributed by atoms with Gasteiger partial charge in [-0.3, -0.25) is 4.79 Å². The quantitative estimate of drug-likeness (QED) is 0.520. The van der Waals surface area contributed by atoms with Crippen molar-refractivity contribution in [2.75, 3.05) is 7.11 Å². The minimum Gasteiger partial charge on any atom is -0.467 e. The standard InChI is InChI=1S/C21H19FN2O3/c1-27-21(26)19(12-15-13-23-18-5-3-2-4-17(15)18)24-20(25)11-8-14-6-9-16(22)10-7-14/h2-11,13,19,23H,12H2,1H3,(H,24,25). The molecule has 0 aliphatic carbocycles. The topological polar surface area (TPSA) is 71.2 Å². The third-order valence-corrected chi connectivity index (χ3v) is 4.20. The van der Waals surface area contributed by atoms with Crippen molar-refractivity contribution in [1.82, 2.24) is 10.3 Å². The Morgan fingerprint density at radius 2 is 1.93 bits per heavy atom. The molecule has 0 aliphatic heterocycles. The smallest absolute Gasteiger partial charge is 0.328 e. The van der Waals surface area contributed by atoms with Gasteiger partial charge < -0.3 is 15.0 Å². The first-order chi connectivity index (χ1) is 13.1. The maximum absolute atomic E-state index is 12.9. The largest absolute Gasteiger partial charge is 0.467 e. The lowest BCUT2D eigenvalue weighted by Gasteiger charge is -2.15. The van der Waals surface area contributed by atoms with Gasteiger partial charge in [-0.05, 0) is 35.4 Å². The number of halogens is 1. The van der Waals surface area contributed by atoms with Gasteiger partial charge in [0.2, 0.25) is 5.91 Å². The van der Waals surface area contributed by atoms with Crippen LogP contribution in [0.15, 0.2) is 60.8 Å². The van der Waals surface area contributed by atoms with Gasteiger partial charge in [-0.1, -0.05) is 30.3 Å². The number of carbonyl (C=O) groups excluding carboxylic acids is 2. The Balaban J connectivity index is 1.72. The number of aromatic nitrogens is 1. The molecule has 1 atom stereocenters. The van der Waals surface area contributed by atoms with Gasteiger partial charge in [-0.25, -0.2) is 9.18 Å². The summed E-state index contributed by atoms with van der Waals surface area (Å²) in [5, 5.41) is 3.65. The van der Waals surface area contributed by atoms with Crippen LogP contribution in [0.25, 0.3) is 17.0 Å². The molecule has 0 saturated heterocycles. The van der Waals surface area contributed by atoms with Crippen LogP contribution in [0.4, 0.5) is 4.39 Å². The fourth-order valence-corrected chi connectivity index (χ4v) is 2.82. The molecule has 0 fully saturated rings. The first-order valence-electron chi connectivity index (χ1n) is 8.44. The molecule has 5 nitrogen and oxygen atoms in total. The Bertz CT molecular complexity index is 977. The van der Waals surface area contributed by atoms with E-state index in [4.69, 9.17) is 4.74 Å². The normalized spacial score (nSPS) is 12.2. The third-order valence-electron chi connectivity index (χ3n) is 4.20. The summed E-state index contributed by atoms with van der Waals surface area (Å²) in [6, 6.07) is 12.6. The second-order valence-corrected chi connectivity index (χ2v) is 6.03. The second-order valence-electron chi connectivity index (χ2n) is 6.03. The van der Waals surface area contributed by atoms with Crippen LogP contribution in [-0.2, 0) is 20.7 Å². The molecule has 0 radical (unpaired) electrons. The first kappa shape index (κ1) is 18.4. The summed E-state index contributed by atoms with van der Waals surface area (Å²) in [5.41, 5.74) is 2.54. The minimum atomic E-state index is -0.820. The van der Waals surface area contributed by atoms with Gasteiger partial charge in [0, 0.05) is 29.6 Å². The van der Waals surface area contributed by atoms with Crippen LogP contribution < -0.4 is 5.32 Å². The number of nitrogens with one attached hydrogen (secondary N) is 2. The van der Waals surface area contributed by atoms with Crippen molar-refractivity contribution in [3.8, 4) is 0 Å². The van der Waals surface area contributed by atoms with E-state index in [1.54, 1.807) is 18.2 Å². The van der Waals surface area contributed by atoms with Gasteiger partial charge in [-0.2, -0.15) is 0 Å². The molecule has 0 spiro atoms. The Morgan fingerprint density at radius 1 is 1.19 bits per heavy atom. The van der Waals surface area contributed by atoms with E-state index < -0.39 is 17.9 Å². The van der Waals surface area contributed by atoms with E-state index in [0.717, 1.165) is 16.5 Å². The lowest BCUT2D eigenvalue weighted by atomic mass is 10.0. The molecule has 27 heavy (non-hydrogen) atoms. The molecule has 3 aromatic rings. The number of amides is 1. The average molecular weight is 366 g/mol. The zero-order valence-corrected chi connectivity index (χ0v) is 14.7. The summed E-state index contributed by atoms with van der Waals surface area (Å²) in [6.07, 6.45) is 4.97. The van der Waals surface area contributed by atoms with Crippen LogP contribution in [0, 0.1) is 5.82 Å². The van der Waals surface area contributed by atoms with E-state index in [-0.39, 0.29) is 5.82 Å². The molecule has 138 valence electrons. The second kappa shape index (κ2) is 8.31. The molecule has 0 saturated carbocycles. The fraction of sp³-hybridized carbons (Fsp3) is 0.143. The summed E-state index contributed by atoms with van der Waals surface area (Å²) in [6.45, 7) is 0. The van der Waals surface area contributed by atoms with Gasteiger partial charge in [0.05, 0.1) is 7.11 Å². The number of H-pyrrole nitrogens is 1. The summed E-state index contributed by atoms with van der Waals surface area (Å²) >= 11 is 0. The number of fused-ring (bicyclic) bond motifs is 1. The zero-order valence-electron chi connectivity index (χ0n) is 14.7. The number of para-hydroxylation sites is 1. The summed E-state index contributed by atoms with van der Waals surface area (Å²) in [4.78, 5) is 27.5. The van der Waals surface area contributed by atoms with Crippen LogP contribution in [0.1, 0.15) is 11.1 Å². The van der Waals surface area contributed by atoms with Crippen molar-refractivity contribution < 1.29 is 18.7 Å². The highest BCUT2D eigenvalue weighted by Gasteiger charge is 2.22. The number of benzene rings is 2. The molecular weight excluding hydrogens is 347 g/mol. The molecule has 1 aromatic heterocycles. The summed E-state index contributed by atoms with van der Waals surface area (Å²) in [7, 11) is 1.28. The minimum absolute atomic E-state index is 0.298. The predicted molar refractivity (Wildman–Crippen MR) is 101 cm³/mol. The lowest BCUT2D eigenvalue weighted by molar-refractivity contribution is -0.144. The van der Waals surface area contributed by atoms with Gasteiger partial charge in [0.15, 0.2) is 0 Å². The number of ether oxygens (including phenoxy) is 1. The SMILES string of the molecule is COC(=O)C(Cc1c[nH]c2ccccc12)NC(=O)C=Cc1ccc(F)cc1. The van der Waals surface area contributed by atoms with E-state index in [0.29, 0.717) is 12.0 Å². The molecule has 0 aliphatic rings. The Labute approximate surface area is 155 Å². The number of esters is 1. The third kappa shape index (κ3) is 4.61. The van der Waals surface area contributed by atoms with Crippen molar-refractivity contribution in [3.63, 3.8) is 0 Å². The summed E-state index contributed by atoms with van der Waals surface area (Å²) < 4.78 is 17.7. The highest BCUT2D eigenvalue weighted by molar-refractivity contribution is 5.95. The van der Waals surface area contributed by atoms with Crippen molar-refractivity contribution in [2.45, 2.75) is 12.5 Å². The van der Waals surface area contributed by atoms with E-state index in [1.165, 1.54) is 25.3 Å². The van der Waals surface area contributed by atoms with E-state index >= 15 is 0 Å². The molecule has 0 bridgehead atoms. The number of rotatable bonds is 6. The van der Waals surface area contributed by atoms with Crippen LogP contribution in [0.5, 0.6) is 0 Å². The molecule has 2 N–H and O–H groups in total. The van der Waals surface area contributed by atoms with Crippen LogP contribution in [0.3, 0.4) is 0 Å². The lowest BCUT2D eigenvalue weighted by Crippen LogP contribution is -2.42. The van der Waals surface area contributed by atoms with Gasteiger partial charge in [-0.15, -0.1) is 0 Å². The zero-order chi connectivity index (χ0) is 19.2. The number of aromatic amines is 1. The maximum atomic E-state index is 12.9. The molecular formula is C21H19FN2O3. The van der Waals surface area contributed by atoms with Crippen LogP contribution in [-0.4, -0.2) is 30.0 Å². The Hall–Kier alpha value is -3.41. The van der Waals surface area contributed by atoms with E-state index in [1.807, 2.05) is 30.5 Å². The highest BCUT2D eigenvalue weighted by Crippen LogP contribution is 2.19. The summed E-state index contributed by atoms with van der Waals surface area (Å²) in [5.74, 6) is -1.31. The molecule has 2 aromatic carbocycles. The van der Waals surface area contributed by atoms with Crippen molar-refractivity contribution in [1.29, 1.82) is 0 Å². The molecule has 1 amide bonds. The van der Waals surface area contributed by atoms with Crippen molar-refractivity contribution >= 4 is 28.9 Å². The highest BCUT2D eigenvalue weighted by atomic mass is 19.1. The van der Waals surface area contributed by atoms with Crippen LogP contribution >= 0.6 is 0 Å². The maximum Gasteiger partial charge on any atom is 0.328 e. The average Bonchev–Trinajstić information content (AvgIpc) is 3.09. The number of hydrogen-bond acceptors (Lipinski definition) is 3. The first-order valence-corrected chi connectivity index (χ1v) is 8.44. The van der Waals surface area contributed by atoms with Crippen LogP contribution in [0.2, 0.25) is 0 Å². The van der Waals surface area contributed by atoms with Gasteiger partial charge in [0.25, 0.3) is 0 Å². The molecule has 6 heteroatoms. The van der Waals surface area contributed by atoms with E-state index in [2.05, 4.69) is 10.3 Å². The van der Waals surface area contributed by atoms with Gasteiger partial charge >= 0.3 is 5.97 Å². The Kier molecular flexibility index (Phi) is 5.66. The predicted octanol–water partition coefficient (Wildman–Crippen LogP) is 3.22. The van der Waals surface area contributed by atoms with Crippen molar-refractivity contribution in [2.24, 2.45) is 0 Å². The molecule has 1 unspecified atom stereocenters. The fourth-order valence-electron chi connectivity index (χ4n) is 2.82. The van der Waals surface area contributed by atoms with Crippen molar-refractivity contribution in [3.05, 3.63) is 77.7 Å². The number of hydrogen-bond donors (Lipinski definition) is 2.